The quantitative estimate of drug-likeness (QED) is 0.190. The topological polar surface area (TPSA) is 106 Å². The van der Waals surface area contributed by atoms with Crippen LogP contribution in [0.3, 0.4) is 0 Å². The van der Waals surface area contributed by atoms with Crippen LogP contribution >= 0.6 is 23.2 Å². The molecule has 3 aromatic carbocycles. The van der Waals surface area contributed by atoms with E-state index in [1.165, 1.54) is 44.4 Å². The third-order valence-corrected chi connectivity index (χ3v) is 7.22. The monoisotopic (exact) mass is 571 g/mol. The number of halogens is 2. The maximum Gasteiger partial charge on any atom is 0.300 e. The number of ketones is 1. The lowest BCUT2D eigenvalue weighted by atomic mass is 9.94. The number of phenolic OH excluding ortho intramolecular Hbond substituents is 1. The van der Waals surface area contributed by atoms with Gasteiger partial charge in [-0.15, -0.1) is 0 Å². The van der Waals surface area contributed by atoms with E-state index in [0.29, 0.717) is 11.3 Å². The molecule has 1 unspecified atom stereocenters. The first kappa shape index (κ1) is 28.1. The molecular weight excluding hydrogens is 545 g/mol. The number of carbonyl (C=O) groups excluding carboxylic acids is 2. The van der Waals surface area contributed by atoms with Gasteiger partial charge in [0.2, 0.25) is 0 Å². The molecule has 0 bridgehead atoms. The molecular formula is C29H27Cl2NO7. The SMILES string of the molecule is COc1ccc(C2/C(=C(\O)c3cc(Cl)c(OC)c(Cl)c3OC)C(=O)C(=O)N2c2ccc(C(C)C)cc2)cc1O. The molecule has 4 rings (SSSR count). The predicted octanol–water partition coefficient (Wildman–Crippen LogP) is 6.47. The van der Waals surface area contributed by atoms with Crippen molar-refractivity contribution in [1.82, 2.24) is 0 Å². The summed E-state index contributed by atoms with van der Waals surface area (Å²) in [6.07, 6.45) is 0. The molecule has 1 saturated heterocycles. The number of aromatic hydroxyl groups is 1. The van der Waals surface area contributed by atoms with E-state index in [0.717, 1.165) is 5.56 Å². The van der Waals surface area contributed by atoms with E-state index in [-0.39, 0.29) is 50.1 Å². The van der Waals surface area contributed by atoms with Crippen LogP contribution in [0.2, 0.25) is 10.0 Å². The fourth-order valence-corrected chi connectivity index (χ4v) is 5.29. The van der Waals surface area contributed by atoms with Crippen LogP contribution in [-0.4, -0.2) is 43.2 Å². The molecule has 0 saturated carbocycles. The van der Waals surface area contributed by atoms with Crippen LogP contribution < -0.4 is 19.1 Å². The highest BCUT2D eigenvalue weighted by Crippen LogP contribution is 2.48. The number of amides is 1. The summed E-state index contributed by atoms with van der Waals surface area (Å²) in [4.78, 5) is 28.3. The number of phenols is 1. The molecule has 1 fully saturated rings. The number of aliphatic hydroxyl groups is 1. The summed E-state index contributed by atoms with van der Waals surface area (Å²) in [5.74, 6) is -1.99. The van der Waals surface area contributed by atoms with Crippen molar-refractivity contribution in [2.24, 2.45) is 0 Å². The minimum Gasteiger partial charge on any atom is -0.507 e. The lowest BCUT2D eigenvalue weighted by molar-refractivity contribution is -0.132. The van der Waals surface area contributed by atoms with Gasteiger partial charge in [-0.05, 0) is 47.4 Å². The molecule has 8 nitrogen and oxygen atoms in total. The predicted molar refractivity (Wildman–Crippen MR) is 150 cm³/mol. The average molecular weight is 572 g/mol. The lowest BCUT2D eigenvalue weighted by Gasteiger charge is -2.26. The molecule has 0 spiro atoms. The van der Waals surface area contributed by atoms with Gasteiger partial charge in [0, 0.05) is 5.69 Å². The molecule has 1 aliphatic heterocycles. The summed E-state index contributed by atoms with van der Waals surface area (Å²) in [7, 11) is 4.11. The van der Waals surface area contributed by atoms with Gasteiger partial charge in [-0.25, -0.2) is 0 Å². The minimum absolute atomic E-state index is 0.000713. The summed E-state index contributed by atoms with van der Waals surface area (Å²) in [5.41, 5.74) is 1.57. The Balaban J connectivity index is 2.01. The molecule has 2 N–H and O–H groups in total. The largest absolute Gasteiger partial charge is 0.507 e. The van der Waals surface area contributed by atoms with Crippen molar-refractivity contribution < 1.29 is 34.0 Å². The van der Waals surface area contributed by atoms with Gasteiger partial charge < -0.3 is 24.4 Å². The average Bonchev–Trinajstić information content (AvgIpc) is 3.18. The second-order valence-corrected chi connectivity index (χ2v) is 9.92. The van der Waals surface area contributed by atoms with Gasteiger partial charge in [0.1, 0.15) is 10.8 Å². The van der Waals surface area contributed by atoms with E-state index >= 15 is 0 Å². The first-order valence-corrected chi connectivity index (χ1v) is 12.7. The maximum absolute atomic E-state index is 13.5. The van der Waals surface area contributed by atoms with Crippen LogP contribution in [0.1, 0.15) is 42.5 Å². The number of rotatable bonds is 7. The van der Waals surface area contributed by atoms with Crippen LogP contribution in [-0.2, 0) is 9.59 Å². The molecule has 3 aromatic rings. The number of carbonyl (C=O) groups is 2. The maximum atomic E-state index is 13.5. The molecule has 10 heteroatoms. The molecule has 39 heavy (non-hydrogen) atoms. The number of nitrogens with zero attached hydrogens (tertiary/aromatic N) is 1. The Labute approximate surface area is 235 Å². The van der Waals surface area contributed by atoms with E-state index in [1.54, 1.807) is 18.2 Å². The van der Waals surface area contributed by atoms with E-state index < -0.39 is 23.5 Å². The zero-order valence-electron chi connectivity index (χ0n) is 21.9. The van der Waals surface area contributed by atoms with E-state index in [4.69, 9.17) is 37.4 Å². The highest BCUT2D eigenvalue weighted by molar-refractivity contribution is 6.52. The van der Waals surface area contributed by atoms with Gasteiger partial charge >= 0.3 is 0 Å². The smallest absolute Gasteiger partial charge is 0.300 e. The summed E-state index contributed by atoms with van der Waals surface area (Å²) in [6, 6.07) is 11.9. The summed E-state index contributed by atoms with van der Waals surface area (Å²) >= 11 is 12.8. The summed E-state index contributed by atoms with van der Waals surface area (Å²) in [5, 5.41) is 22.1. The minimum atomic E-state index is -1.11. The Morgan fingerprint density at radius 3 is 2.10 bits per heavy atom. The van der Waals surface area contributed by atoms with Crippen molar-refractivity contribution in [1.29, 1.82) is 0 Å². The number of Topliss-reactive ketones (excluding diaryl/α,β-unsaturated/α-hetero) is 1. The first-order chi connectivity index (χ1) is 18.5. The van der Waals surface area contributed by atoms with Crippen molar-refractivity contribution in [2.75, 3.05) is 26.2 Å². The summed E-state index contributed by atoms with van der Waals surface area (Å²) in [6.45, 7) is 4.08. The Hall–Kier alpha value is -3.88. The van der Waals surface area contributed by atoms with E-state index in [9.17, 15) is 19.8 Å². The molecule has 0 aromatic heterocycles. The van der Waals surface area contributed by atoms with Crippen molar-refractivity contribution in [3.8, 4) is 23.0 Å². The van der Waals surface area contributed by atoms with Gasteiger partial charge in [0.05, 0.1) is 43.5 Å². The number of hydrogen-bond donors (Lipinski definition) is 2. The lowest BCUT2D eigenvalue weighted by Crippen LogP contribution is -2.29. The van der Waals surface area contributed by atoms with Crippen LogP contribution in [0, 0.1) is 0 Å². The highest BCUT2D eigenvalue weighted by atomic mass is 35.5. The number of ether oxygens (including phenoxy) is 3. The third-order valence-electron chi connectivity index (χ3n) is 6.60. The number of methoxy groups -OCH3 is 3. The second-order valence-electron chi connectivity index (χ2n) is 9.13. The molecule has 1 amide bonds. The number of hydrogen-bond acceptors (Lipinski definition) is 7. The van der Waals surface area contributed by atoms with Gasteiger partial charge in [0.25, 0.3) is 11.7 Å². The van der Waals surface area contributed by atoms with E-state index in [1.807, 2.05) is 26.0 Å². The number of aliphatic hydroxyl groups excluding tert-OH is 1. The molecule has 0 aliphatic carbocycles. The second kappa shape index (κ2) is 11.1. The van der Waals surface area contributed by atoms with E-state index in [2.05, 4.69) is 0 Å². The van der Waals surface area contributed by atoms with Crippen molar-refractivity contribution in [2.45, 2.75) is 25.8 Å². The Morgan fingerprint density at radius 2 is 1.56 bits per heavy atom. The number of benzene rings is 3. The first-order valence-electron chi connectivity index (χ1n) is 11.9. The van der Waals surface area contributed by atoms with Crippen LogP contribution in [0.15, 0.2) is 54.1 Å². The Bertz CT molecular complexity index is 1480. The Kier molecular flexibility index (Phi) is 7.99. The van der Waals surface area contributed by atoms with Crippen molar-refractivity contribution in [3.05, 3.63) is 80.8 Å². The van der Waals surface area contributed by atoms with Crippen LogP contribution in [0.4, 0.5) is 5.69 Å². The van der Waals surface area contributed by atoms with Crippen LogP contribution in [0.5, 0.6) is 23.0 Å². The fraction of sp³-hybridized carbons (Fsp3) is 0.241. The molecule has 0 radical (unpaired) electrons. The zero-order chi connectivity index (χ0) is 28.6. The third kappa shape index (κ3) is 4.86. The molecule has 1 aliphatic rings. The fourth-order valence-electron chi connectivity index (χ4n) is 4.60. The van der Waals surface area contributed by atoms with Crippen molar-refractivity contribution >= 4 is 46.3 Å². The Morgan fingerprint density at radius 1 is 0.923 bits per heavy atom. The molecule has 1 heterocycles. The van der Waals surface area contributed by atoms with Gasteiger partial charge in [0.15, 0.2) is 23.0 Å². The van der Waals surface area contributed by atoms with Crippen molar-refractivity contribution in [3.63, 3.8) is 0 Å². The van der Waals surface area contributed by atoms with Crippen LogP contribution in [0.25, 0.3) is 5.76 Å². The number of anilines is 1. The van der Waals surface area contributed by atoms with Gasteiger partial charge in [-0.2, -0.15) is 0 Å². The van der Waals surface area contributed by atoms with Gasteiger partial charge in [-0.3, -0.25) is 14.5 Å². The van der Waals surface area contributed by atoms with Gasteiger partial charge in [-0.1, -0.05) is 55.2 Å². The molecule has 1 atom stereocenters. The standard InChI is InChI=1S/C29H27Cl2NO7/c1-14(2)15-6-9-17(10-7-15)32-24(16-8-11-21(37-3)20(33)12-16)22(26(35)29(32)36)25(34)18-13-19(30)28(39-5)23(31)27(18)38-4/h6-14,24,33-34H,1-5H3/b25-22+. The zero-order valence-corrected chi connectivity index (χ0v) is 23.4. The molecule has 204 valence electrons. The normalized spacial score (nSPS) is 16.6. The highest BCUT2D eigenvalue weighted by Gasteiger charge is 2.47. The summed E-state index contributed by atoms with van der Waals surface area (Å²) < 4.78 is 15.8.